The van der Waals surface area contributed by atoms with Crippen molar-refractivity contribution in [3.8, 4) is 50.3 Å². The van der Waals surface area contributed by atoms with Crippen LogP contribution in [-0.4, -0.2) is 18.3 Å². The molecule has 0 saturated heterocycles. The minimum atomic E-state index is -0.00104. The van der Waals surface area contributed by atoms with Crippen molar-refractivity contribution in [2.75, 3.05) is 13.2 Å². The zero-order valence-corrected chi connectivity index (χ0v) is 24.7. The van der Waals surface area contributed by atoms with Crippen molar-refractivity contribution in [1.29, 1.82) is 0 Å². The topological polar surface area (TPSA) is 29.5 Å². The molecule has 0 bridgehead atoms. The fraction of sp³-hybridized carbons (Fsp3) is 0.0952. The number of aliphatic hydroxyl groups excluding tert-OH is 1. The maximum Gasteiger partial charge on any atom is 0.122 e. The van der Waals surface area contributed by atoms with Gasteiger partial charge in [0.2, 0.25) is 0 Å². The second kappa shape index (κ2) is 10.8. The van der Waals surface area contributed by atoms with Crippen LogP contribution < -0.4 is 4.74 Å². The van der Waals surface area contributed by atoms with Gasteiger partial charge < -0.3 is 9.84 Å². The Labute approximate surface area is 257 Å². The third-order valence-electron chi connectivity index (χ3n) is 9.03. The highest BCUT2D eigenvalue weighted by atomic mass is 16.5. The average molecular weight is 569 g/mol. The van der Waals surface area contributed by atoms with Crippen molar-refractivity contribution < 1.29 is 9.84 Å². The lowest BCUT2D eigenvalue weighted by atomic mass is 9.87. The van der Waals surface area contributed by atoms with E-state index in [0.717, 1.165) is 17.7 Å². The van der Waals surface area contributed by atoms with Crippen LogP contribution in [0.4, 0.5) is 0 Å². The average Bonchev–Trinajstić information content (AvgIpc) is 3.45. The Balaban J connectivity index is 1.27. The first-order valence-electron chi connectivity index (χ1n) is 15.3. The number of rotatable bonds is 6. The number of hydrogen-bond acceptors (Lipinski definition) is 2. The molecular weight excluding hydrogens is 536 g/mol. The number of fused-ring (bicyclic) bond motifs is 5. The second-order valence-electron chi connectivity index (χ2n) is 11.7. The molecule has 212 valence electrons. The van der Waals surface area contributed by atoms with Gasteiger partial charge in [0.05, 0.1) is 6.61 Å². The number of aliphatic hydroxyl groups is 1. The molecule has 0 amide bonds. The van der Waals surface area contributed by atoms with Crippen LogP contribution in [-0.2, 0) is 6.42 Å². The van der Waals surface area contributed by atoms with E-state index in [4.69, 9.17) is 4.74 Å². The molecule has 7 aromatic rings. The van der Waals surface area contributed by atoms with Gasteiger partial charge in [0.25, 0.3) is 0 Å². The maximum absolute atomic E-state index is 9.29. The quantitative estimate of drug-likeness (QED) is 0.216. The van der Waals surface area contributed by atoms with Crippen molar-refractivity contribution in [1.82, 2.24) is 0 Å². The number of ether oxygens (including phenoxy) is 1. The minimum Gasteiger partial charge on any atom is -0.491 e. The summed E-state index contributed by atoms with van der Waals surface area (Å²) in [5.74, 6) is 0.811. The van der Waals surface area contributed by atoms with Crippen LogP contribution in [0, 0.1) is 6.92 Å². The molecule has 0 fully saturated rings. The van der Waals surface area contributed by atoms with Gasteiger partial charge in [-0.3, -0.25) is 0 Å². The summed E-state index contributed by atoms with van der Waals surface area (Å²) in [5.41, 5.74) is 13.8. The van der Waals surface area contributed by atoms with Crippen molar-refractivity contribution in [3.05, 3.63) is 150 Å². The zero-order chi connectivity index (χ0) is 29.6. The fourth-order valence-electron chi connectivity index (χ4n) is 6.88. The Morgan fingerprint density at radius 1 is 0.545 bits per heavy atom. The molecule has 1 aliphatic rings. The summed E-state index contributed by atoms with van der Waals surface area (Å²) in [6.07, 6.45) is 0.880. The largest absolute Gasteiger partial charge is 0.491 e. The molecule has 0 unspecified atom stereocenters. The predicted molar refractivity (Wildman–Crippen MR) is 183 cm³/mol. The van der Waals surface area contributed by atoms with Crippen LogP contribution in [0.5, 0.6) is 5.75 Å². The first-order valence-corrected chi connectivity index (χ1v) is 15.3. The molecule has 0 saturated carbocycles. The van der Waals surface area contributed by atoms with Gasteiger partial charge in [0, 0.05) is 0 Å². The van der Waals surface area contributed by atoms with E-state index in [2.05, 4.69) is 134 Å². The normalized spacial score (nSPS) is 12.0. The predicted octanol–water partition coefficient (Wildman–Crippen LogP) is 10.2. The van der Waals surface area contributed by atoms with Gasteiger partial charge in [-0.15, -0.1) is 0 Å². The molecular formula is C42H32O2. The molecule has 0 spiro atoms. The molecule has 1 N–H and O–H groups in total. The third-order valence-corrected chi connectivity index (χ3v) is 9.03. The first-order chi connectivity index (χ1) is 21.7. The van der Waals surface area contributed by atoms with Crippen LogP contribution in [0.3, 0.4) is 0 Å². The lowest BCUT2D eigenvalue weighted by molar-refractivity contribution is 0.200. The number of hydrogen-bond donors (Lipinski definition) is 1. The highest BCUT2D eigenvalue weighted by Gasteiger charge is 2.25. The molecule has 8 rings (SSSR count). The summed E-state index contributed by atoms with van der Waals surface area (Å²) < 4.78 is 5.82. The van der Waals surface area contributed by atoms with Gasteiger partial charge in [-0.2, -0.15) is 0 Å². The first kappa shape index (κ1) is 26.4. The Bertz CT molecular complexity index is 2210. The van der Waals surface area contributed by atoms with Crippen LogP contribution >= 0.6 is 0 Å². The van der Waals surface area contributed by atoms with E-state index in [1.54, 1.807) is 0 Å². The monoisotopic (exact) mass is 568 g/mol. The van der Waals surface area contributed by atoms with Crippen LogP contribution in [0.1, 0.15) is 16.7 Å². The van der Waals surface area contributed by atoms with E-state index in [9.17, 15) is 5.11 Å². The summed E-state index contributed by atoms with van der Waals surface area (Å²) in [5, 5.41) is 14.3. The lowest BCUT2D eigenvalue weighted by Gasteiger charge is -2.18. The minimum absolute atomic E-state index is 0.00104. The molecule has 0 heterocycles. The van der Waals surface area contributed by atoms with E-state index in [1.807, 2.05) is 6.07 Å². The van der Waals surface area contributed by atoms with E-state index < -0.39 is 0 Å². The number of aryl methyl sites for hydroxylation is 1. The summed E-state index contributed by atoms with van der Waals surface area (Å²) in [4.78, 5) is 0. The molecule has 0 aliphatic heterocycles. The highest BCUT2D eigenvalue weighted by Crippen LogP contribution is 2.47. The lowest BCUT2D eigenvalue weighted by Crippen LogP contribution is -2.03. The standard InChI is InChI=1S/C42H32O2/c1-27-22-35(15-19-41(27)44-21-20-43)42-38(34-13-11-29-7-3-5-9-31(29)24-34)17-18-39-37-16-14-33(25-36(37)26-40(39)42)32-12-10-28-6-2-4-8-30(28)23-32/h2-19,22-25,43H,20-21,26H2,1H3. The maximum atomic E-state index is 9.29. The molecule has 1 aliphatic carbocycles. The van der Waals surface area contributed by atoms with Crippen LogP contribution in [0.2, 0.25) is 0 Å². The molecule has 2 heteroatoms. The molecule has 2 nitrogen and oxygen atoms in total. The molecule has 0 atom stereocenters. The molecule has 44 heavy (non-hydrogen) atoms. The summed E-state index contributed by atoms with van der Waals surface area (Å²) in [6.45, 7) is 2.37. The zero-order valence-electron chi connectivity index (χ0n) is 24.7. The fourth-order valence-corrected chi connectivity index (χ4v) is 6.88. The number of benzene rings is 7. The molecule has 0 aromatic heterocycles. The second-order valence-corrected chi connectivity index (χ2v) is 11.7. The van der Waals surface area contributed by atoms with E-state index in [1.165, 1.54) is 77.2 Å². The van der Waals surface area contributed by atoms with Crippen molar-refractivity contribution in [2.45, 2.75) is 13.3 Å². The van der Waals surface area contributed by atoms with Gasteiger partial charge in [0.15, 0.2) is 0 Å². The Morgan fingerprint density at radius 3 is 1.86 bits per heavy atom. The van der Waals surface area contributed by atoms with Gasteiger partial charge >= 0.3 is 0 Å². The van der Waals surface area contributed by atoms with Gasteiger partial charge in [-0.1, -0.05) is 109 Å². The van der Waals surface area contributed by atoms with Crippen LogP contribution in [0.15, 0.2) is 133 Å². The summed E-state index contributed by atoms with van der Waals surface area (Å²) in [7, 11) is 0. The Hall–Kier alpha value is -5.18. The van der Waals surface area contributed by atoms with Crippen molar-refractivity contribution in [2.24, 2.45) is 0 Å². The Kier molecular flexibility index (Phi) is 6.51. The van der Waals surface area contributed by atoms with Gasteiger partial charge in [0.1, 0.15) is 12.4 Å². The van der Waals surface area contributed by atoms with Gasteiger partial charge in [-0.05, 0) is 120 Å². The third kappa shape index (κ3) is 4.56. The van der Waals surface area contributed by atoms with Crippen LogP contribution in [0.25, 0.3) is 66.1 Å². The van der Waals surface area contributed by atoms with Gasteiger partial charge in [-0.25, -0.2) is 0 Å². The SMILES string of the molecule is Cc1cc(-c2c(-c3ccc4ccccc4c3)ccc3c2Cc2cc(-c4ccc5ccccc5c4)ccc2-3)ccc1OCCO. The van der Waals surface area contributed by atoms with E-state index in [0.29, 0.717) is 0 Å². The van der Waals surface area contributed by atoms with E-state index in [-0.39, 0.29) is 13.2 Å². The summed E-state index contributed by atoms with van der Waals surface area (Å²) in [6, 6.07) is 48.7. The van der Waals surface area contributed by atoms with Crippen molar-refractivity contribution >= 4 is 21.5 Å². The molecule has 7 aromatic carbocycles. The Morgan fingerprint density at radius 2 is 1.14 bits per heavy atom. The summed E-state index contributed by atoms with van der Waals surface area (Å²) >= 11 is 0. The highest BCUT2D eigenvalue weighted by molar-refractivity contribution is 5.97. The smallest absolute Gasteiger partial charge is 0.122 e. The molecule has 0 radical (unpaired) electrons. The van der Waals surface area contributed by atoms with E-state index >= 15 is 0 Å². The van der Waals surface area contributed by atoms with Crippen molar-refractivity contribution in [3.63, 3.8) is 0 Å².